The standard InChI is InChI=1S/C29H36N2O3/c1-4-6-7-10-20-34-27-14-9-8-13-26(27)29(33)31(22(3)5-2)28(32)24-17-15-23(16-18-24)25-12-11-19-30-21-25/h8-9,11-19,21-22,29,33H,4-7,10,20H2,1-3H3. The number of benzene rings is 2. The molecule has 0 radical (unpaired) electrons. The monoisotopic (exact) mass is 460 g/mol. The van der Waals surface area contributed by atoms with E-state index in [1.165, 1.54) is 12.8 Å². The van der Waals surface area contributed by atoms with Crippen molar-refractivity contribution < 1.29 is 14.6 Å². The number of carbonyl (C=O) groups excluding carboxylic acids is 1. The van der Waals surface area contributed by atoms with E-state index in [1.54, 1.807) is 17.3 Å². The van der Waals surface area contributed by atoms with Crippen molar-refractivity contribution in [3.05, 3.63) is 84.2 Å². The van der Waals surface area contributed by atoms with Crippen LogP contribution in [0.4, 0.5) is 0 Å². The zero-order chi connectivity index (χ0) is 24.3. The van der Waals surface area contributed by atoms with Gasteiger partial charge in [-0.25, -0.2) is 0 Å². The fourth-order valence-corrected chi connectivity index (χ4v) is 3.92. The first-order valence-electron chi connectivity index (χ1n) is 12.3. The Morgan fingerprint density at radius 3 is 2.41 bits per heavy atom. The van der Waals surface area contributed by atoms with Crippen LogP contribution in [0.3, 0.4) is 0 Å². The lowest BCUT2D eigenvalue weighted by Gasteiger charge is -2.34. The van der Waals surface area contributed by atoms with E-state index in [2.05, 4.69) is 11.9 Å². The molecule has 2 aromatic carbocycles. The van der Waals surface area contributed by atoms with Gasteiger partial charge >= 0.3 is 0 Å². The summed E-state index contributed by atoms with van der Waals surface area (Å²) >= 11 is 0. The van der Waals surface area contributed by atoms with Gasteiger partial charge in [-0.05, 0) is 55.2 Å². The molecule has 0 saturated carbocycles. The zero-order valence-electron chi connectivity index (χ0n) is 20.5. The van der Waals surface area contributed by atoms with Crippen LogP contribution in [0.15, 0.2) is 73.1 Å². The molecule has 0 saturated heterocycles. The van der Waals surface area contributed by atoms with Crippen molar-refractivity contribution in [2.24, 2.45) is 0 Å². The van der Waals surface area contributed by atoms with E-state index in [4.69, 9.17) is 4.74 Å². The molecule has 1 N–H and O–H groups in total. The molecule has 180 valence electrons. The molecular formula is C29H36N2O3. The van der Waals surface area contributed by atoms with Crippen LogP contribution in [0.2, 0.25) is 0 Å². The van der Waals surface area contributed by atoms with Gasteiger partial charge in [0.25, 0.3) is 5.91 Å². The summed E-state index contributed by atoms with van der Waals surface area (Å²) in [5, 5.41) is 11.4. The number of hydrogen-bond donors (Lipinski definition) is 1. The van der Waals surface area contributed by atoms with E-state index in [9.17, 15) is 9.90 Å². The quantitative estimate of drug-likeness (QED) is 0.243. The summed E-state index contributed by atoms with van der Waals surface area (Å²) in [6.45, 7) is 6.74. The Morgan fingerprint density at radius 1 is 0.971 bits per heavy atom. The van der Waals surface area contributed by atoms with E-state index in [1.807, 2.05) is 74.5 Å². The highest BCUT2D eigenvalue weighted by Crippen LogP contribution is 2.31. The van der Waals surface area contributed by atoms with Crippen molar-refractivity contribution in [1.82, 2.24) is 9.88 Å². The lowest BCUT2D eigenvalue weighted by molar-refractivity contribution is -0.0129. The number of nitrogens with zero attached hydrogens (tertiary/aromatic N) is 2. The second-order valence-electron chi connectivity index (χ2n) is 8.61. The predicted octanol–water partition coefficient (Wildman–Crippen LogP) is 6.64. The maximum Gasteiger partial charge on any atom is 0.256 e. The van der Waals surface area contributed by atoms with Crippen molar-refractivity contribution >= 4 is 5.91 Å². The van der Waals surface area contributed by atoms with Crippen molar-refractivity contribution in [3.63, 3.8) is 0 Å². The van der Waals surface area contributed by atoms with Crippen molar-refractivity contribution in [2.75, 3.05) is 6.61 Å². The van der Waals surface area contributed by atoms with Crippen molar-refractivity contribution in [2.45, 2.75) is 65.1 Å². The van der Waals surface area contributed by atoms with Crippen LogP contribution >= 0.6 is 0 Å². The number of ether oxygens (including phenoxy) is 1. The summed E-state index contributed by atoms with van der Waals surface area (Å²) in [5.41, 5.74) is 3.12. The number of pyridine rings is 1. The van der Waals surface area contributed by atoms with E-state index in [-0.39, 0.29) is 11.9 Å². The zero-order valence-corrected chi connectivity index (χ0v) is 20.5. The number of aliphatic hydroxyl groups excluding tert-OH is 1. The third-order valence-electron chi connectivity index (χ3n) is 6.14. The number of rotatable bonds is 12. The SMILES string of the molecule is CCCCCCOc1ccccc1C(O)N(C(=O)c1ccc(-c2cccnc2)cc1)C(C)CC. The van der Waals surface area contributed by atoms with E-state index in [0.717, 1.165) is 30.4 Å². The second kappa shape index (κ2) is 12.9. The van der Waals surface area contributed by atoms with Crippen LogP contribution in [0.25, 0.3) is 11.1 Å². The Morgan fingerprint density at radius 2 is 1.74 bits per heavy atom. The Bertz CT molecular complexity index is 1020. The fourth-order valence-electron chi connectivity index (χ4n) is 3.92. The van der Waals surface area contributed by atoms with Gasteiger partial charge in [0.1, 0.15) is 5.75 Å². The van der Waals surface area contributed by atoms with Crippen molar-refractivity contribution in [3.8, 4) is 16.9 Å². The lowest BCUT2D eigenvalue weighted by atomic mass is 10.0. The highest BCUT2D eigenvalue weighted by Gasteiger charge is 2.30. The summed E-state index contributed by atoms with van der Waals surface area (Å²) in [7, 11) is 0. The van der Waals surface area contributed by atoms with Crippen molar-refractivity contribution in [1.29, 1.82) is 0 Å². The van der Waals surface area contributed by atoms with E-state index < -0.39 is 6.23 Å². The number of hydrogen-bond acceptors (Lipinski definition) is 4. The average molecular weight is 461 g/mol. The Hall–Kier alpha value is -3.18. The summed E-state index contributed by atoms with van der Waals surface area (Å²) in [6, 6.07) is 18.6. The second-order valence-corrected chi connectivity index (χ2v) is 8.61. The molecule has 5 nitrogen and oxygen atoms in total. The molecule has 0 aliphatic carbocycles. The molecule has 5 heteroatoms. The summed E-state index contributed by atoms with van der Waals surface area (Å²) < 4.78 is 6.01. The number of para-hydroxylation sites is 1. The molecule has 0 bridgehead atoms. The third-order valence-corrected chi connectivity index (χ3v) is 6.14. The molecule has 0 spiro atoms. The minimum Gasteiger partial charge on any atom is -0.493 e. The Balaban J connectivity index is 1.81. The van der Waals surface area contributed by atoms with Gasteiger partial charge in [-0.3, -0.25) is 9.78 Å². The highest BCUT2D eigenvalue weighted by atomic mass is 16.5. The van der Waals surface area contributed by atoms with Gasteiger partial charge in [-0.15, -0.1) is 0 Å². The predicted molar refractivity (Wildman–Crippen MR) is 137 cm³/mol. The normalized spacial score (nSPS) is 12.7. The summed E-state index contributed by atoms with van der Waals surface area (Å²) in [4.78, 5) is 19.3. The molecule has 1 heterocycles. The topological polar surface area (TPSA) is 62.7 Å². The van der Waals surface area contributed by atoms with Crippen LogP contribution in [0, 0.1) is 0 Å². The van der Waals surface area contributed by atoms with Gasteiger partial charge in [0.05, 0.1) is 6.61 Å². The maximum atomic E-state index is 13.6. The largest absolute Gasteiger partial charge is 0.493 e. The molecule has 1 aromatic heterocycles. The smallest absolute Gasteiger partial charge is 0.256 e. The van der Waals surface area contributed by atoms with Gasteiger partial charge < -0.3 is 14.7 Å². The van der Waals surface area contributed by atoms with E-state index >= 15 is 0 Å². The molecule has 0 aliphatic rings. The number of aliphatic hydroxyl groups is 1. The van der Waals surface area contributed by atoms with Gasteiger partial charge in [0, 0.05) is 29.6 Å². The van der Waals surface area contributed by atoms with Gasteiger partial charge in [0.2, 0.25) is 0 Å². The van der Waals surface area contributed by atoms with Crippen LogP contribution < -0.4 is 4.74 Å². The number of unbranched alkanes of at least 4 members (excludes halogenated alkanes) is 3. The molecule has 3 aromatic rings. The molecular weight excluding hydrogens is 424 g/mol. The minimum absolute atomic E-state index is 0.155. The van der Waals surface area contributed by atoms with Gasteiger partial charge in [-0.2, -0.15) is 0 Å². The third kappa shape index (κ3) is 6.45. The Kier molecular flexibility index (Phi) is 9.65. The lowest BCUT2D eigenvalue weighted by Crippen LogP contribution is -2.41. The van der Waals surface area contributed by atoms with E-state index in [0.29, 0.717) is 23.5 Å². The van der Waals surface area contributed by atoms with Crippen LogP contribution in [-0.4, -0.2) is 33.5 Å². The molecule has 2 unspecified atom stereocenters. The first-order valence-corrected chi connectivity index (χ1v) is 12.3. The minimum atomic E-state index is -1.10. The summed E-state index contributed by atoms with van der Waals surface area (Å²) in [5.74, 6) is 0.414. The molecule has 3 rings (SSSR count). The number of amides is 1. The van der Waals surface area contributed by atoms with Crippen LogP contribution in [0.1, 0.15) is 75.0 Å². The molecule has 34 heavy (non-hydrogen) atoms. The van der Waals surface area contributed by atoms with Gasteiger partial charge in [0.15, 0.2) is 6.23 Å². The van der Waals surface area contributed by atoms with Crippen LogP contribution in [0.5, 0.6) is 5.75 Å². The highest BCUT2D eigenvalue weighted by molar-refractivity contribution is 5.95. The van der Waals surface area contributed by atoms with Crippen LogP contribution in [-0.2, 0) is 0 Å². The maximum absolute atomic E-state index is 13.6. The molecule has 1 amide bonds. The fraction of sp³-hybridized carbons (Fsp3) is 0.379. The van der Waals surface area contributed by atoms with Gasteiger partial charge in [-0.1, -0.05) is 69.5 Å². The number of aromatic nitrogens is 1. The first-order chi connectivity index (χ1) is 16.6. The Labute approximate surface area is 203 Å². The molecule has 0 aliphatic heterocycles. The number of carbonyl (C=O) groups is 1. The molecule has 0 fully saturated rings. The molecule has 2 atom stereocenters. The average Bonchev–Trinajstić information content (AvgIpc) is 2.89. The summed E-state index contributed by atoms with van der Waals surface area (Å²) in [6.07, 6.45) is 7.59. The first kappa shape index (κ1) is 25.4.